The number of fused-ring (bicyclic) bond motifs is 1. The number of primary amides is 1. The maximum atomic E-state index is 11.6. The molecule has 0 spiro atoms. The van der Waals surface area contributed by atoms with Crippen molar-refractivity contribution < 1.29 is 14.3 Å². The summed E-state index contributed by atoms with van der Waals surface area (Å²) in [4.78, 5) is 15.9. The molecule has 1 aliphatic heterocycles. The van der Waals surface area contributed by atoms with Gasteiger partial charge >= 0.3 is 0 Å². The van der Waals surface area contributed by atoms with E-state index in [4.69, 9.17) is 15.2 Å². The summed E-state index contributed by atoms with van der Waals surface area (Å²) in [6.45, 7) is 4.19. The van der Waals surface area contributed by atoms with Crippen LogP contribution in [0.4, 0.5) is 0 Å². The Morgan fingerprint density at radius 2 is 2.25 bits per heavy atom. The van der Waals surface area contributed by atoms with Gasteiger partial charge in [0.15, 0.2) is 0 Å². The Morgan fingerprint density at radius 1 is 1.42 bits per heavy atom. The van der Waals surface area contributed by atoms with E-state index in [9.17, 15) is 4.79 Å². The Balaban J connectivity index is 0.00000208. The summed E-state index contributed by atoms with van der Waals surface area (Å²) in [5.41, 5.74) is 6.44. The van der Waals surface area contributed by atoms with Gasteiger partial charge in [0.05, 0.1) is 17.7 Å². The second kappa shape index (κ2) is 8.17. The lowest BCUT2D eigenvalue weighted by atomic mass is 10.1. The fraction of sp³-hybridized carbons (Fsp3) is 0.412. The summed E-state index contributed by atoms with van der Waals surface area (Å²) in [6, 6.07) is 5.29. The number of carbonyl (C=O) groups is 1. The molecule has 130 valence electrons. The van der Waals surface area contributed by atoms with Crippen molar-refractivity contribution in [2.45, 2.75) is 25.9 Å². The van der Waals surface area contributed by atoms with Crippen molar-refractivity contribution in [2.24, 2.45) is 5.73 Å². The van der Waals surface area contributed by atoms with E-state index in [-0.39, 0.29) is 18.5 Å². The Kier molecular flexibility index (Phi) is 6.23. The van der Waals surface area contributed by atoms with E-state index in [2.05, 4.69) is 10.3 Å². The lowest BCUT2D eigenvalue weighted by molar-refractivity contribution is 0.0996. The number of nitrogens with one attached hydrogen (secondary N) is 1. The van der Waals surface area contributed by atoms with Gasteiger partial charge in [-0.05, 0) is 44.5 Å². The molecule has 0 aliphatic carbocycles. The minimum absolute atomic E-state index is 0. The number of ether oxygens (including phenoxy) is 2. The van der Waals surface area contributed by atoms with Crippen molar-refractivity contribution in [1.29, 1.82) is 0 Å². The number of carbonyl (C=O) groups excluding carboxylic acids is 1. The summed E-state index contributed by atoms with van der Waals surface area (Å²) in [5.74, 6) is 0.688. The number of amides is 1. The Labute approximate surface area is 147 Å². The Hall–Kier alpha value is -2.05. The largest absolute Gasteiger partial charge is 0.493 e. The van der Waals surface area contributed by atoms with Gasteiger partial charge in [-0.15, -0.1) is 12.4 Å². The third kappa shape index (κ3) is 3.88. The highest BCUT2D eigenvalue weighted by atomic mass is 35.5. The average Bonchev–Trinajstić information content (AvgIpc) is 2.56. The third-order valence-corrected chi connectivity index (χ3v) is 3.91. The predicted molar refractivity (Wildman–Crippen MR) is 95.2 cm³/mol. The first-order valence-electron chi connectivity index (χ1n) is 7.91. The number of halogens is 1. The second-order valence-corrected chi connectivity index (χ2v) is 5.56. The van der Waals surface area contributed by atoms with Crippen LogP contribution >= 0.6 is 12.4 Å². The standard InChI is InChI=1S/C17H21N3O3.ClH/c1-2-22-16-9-12-14(8-13(16)17(18)21)20-7-5-15(12)23-11-4-3-6-19-10-11;/h5,7-9,11,19H,2-4,6,10H2,1H3,(H2,18,21);1H/t11-;/m1./s1. The number of hydrogen-bond donors (Lipinski definition) is 2. The van der Waals surface area contributed by atoms with Crippen molar-refractivity contribution in [2.75, 3.05) is 19.7 Å². The highest BCUT2D eigenvalue weighted by Crippen LogP contribution is 2.32. The Bertz CT molecular complexity index is 718. The molecule has 0 bridgehead atoms. The first-order valence-corrected chi connectivity index (χ1v) is 7.91. The average molecular weight is 352 g/mol. The van der Waals surface area contributed by atoms with E-state index in [1.54, 1.807) is 18.3 Å². The van der Waals surface area contributed by atoms with E-state index < -0.39 is 5.91 Å². The van der Waals surface area contributed by atoms with Gasteiger partial charge in [0.25, 0.3) is 5.91 Å². The number of nitrogens with two attached hydrogens (primary N) is 1. The fourth-order valence-electron chi connectivity index (χ4n) is 2.82. The minimum Gasteiger partial charge on any atom is -0.493 e. The lowest BCUT2D eigenvalue weighted by Crippen LogP contribution is -2.37. The van der Waals surface area contributed by atoms with E-state index >= 15 is 0 Å². The normalized spacial score (nSPS) is 17.1. The van der Waals surface area contributed by atoms with E-state index in [0.29, 0.717) is 23.4 Å². The van der Waals surface area contributed by atoms with Crippen LogP contribution in [0.1, 0.15) is 30.1 Å². The predicted octanol–water partition coefficient (Wildman–Crippen LogP) is 2.28. The van der Waals surface area contributed by atoms with Gasteiger partial charge in [-0.2, -0.15) is 0 Å². The SMILES string of the molecule is CCOc1cc2c(O[C@@H]3CCCNC3)ccnc2cc1C(N)=O.Cl. The third-order valence-electron chi connectivity index (χ3n) is 3.91. The molecule has 6 nitrogen and oxygen atoms in total. The monoisotopic (exact) mass is 351 g/mol. The summed E-state index contributed by atoms with van der Waals surface area (Å²) < 4.78 is 11.7. The van der Waals surface area contributed by atoms with Gasteiger partial charge in [0, 0.05) is 18.1 Å². The summed E-state index contributed by atoms with van der Waals surface area (Å²) >= 11 is 0. The minimum atomic E-state index is -0.528. The van der Waals surface area contributed by atoms with E-state index in [1.807, 2.05) is 13.0 Å². The number of rotatable bonds is 5. The molecule has 1 aliphatic rings. The number of pyridine rings is 1. The zero-order chi connectivity index (χ0) is 16.2. The number of hydrogen-bond acceptors (Lipinski definition) is 5. The molecule has 2 heterocycles. The zero-order valence-corrected chi connectivity index (χ0v) is 14.4. The zero-order valence-electron chi connectivity index (χ0n) is 13.6. The molecule has 24 heavy (non-hydrogen) atoms. The van der Waals surface area contributed by atoms with Crippen molar-refractivity contribution in [1.82, 2.24) is 10.3 Å². The molecule has 0 unspecified atom stereocenters. The first-order chi connectivity index (χ1) is 11.2. The van der Waals surface area contributed by atoms with Gasteiger partial charge in [-0.1, -0.05) is 0 Å². The fourth-order valence-corrected chi connectivity index (χ4v) is 2.82. The molecule has 1 aromatic heterocycles. The Morgan fingerprint density at radius 3 is 2.92 bits per heavy atom. The van der Waals surface area contributed by atoms with Gasteiger partial charge in [-0.3, -0.25) is 9.78 Å². The van der Waals surface area contributed by atoms with Crippen LogP contribution in [0, 0.1) is 0 Å². The van der Waals surface area contributed by atoms with Gasteiger partial charge in [-0.25, -0.2) is 0 Å². The van der Waals surface area contributed by atoms with Crippen LogP contribution in [0.5, 0.6) is 11.5 Å². The molecule has 1 fully saturated rings. The molecule has 1 saturated heterocycles. The maximum absolute atomic E-state index is 11.6. The molecule has 0 saturated carbocycles. The highest BCUT2D eigenvalue weighted by Gasteiger charge is 2.18. The molecule has 7 heteroatoms. The number of benzene rings is 1. The second-order valence-electron chi connectivity index (χ2n) is 5.56. The number of piperidine rings is 1. The molecule has 2 aromatic rings. The van der Waals surface area contributed by atoms with Crippen LogP contribution in [0.25, 0.3) is 10.9 Å². The van der Waals surface area contributed by atoms with Crippen LogP contribution in [-0.2, 0) is 0 Å². The highest BCUT2D eigenvalue weighted by molar-refractivity contribution is 6.01. The number of aromatic nitrogens is 1. The molecule has 3 rings (SSSR count). The van der Waals surface area contributed by atoms with Crippen molar-refractivity contribution in [3.8, 4) is 11.5 Å². The topological polar surface area (TPSA) is 86.5 Å². The molecule has 1 amide bonds. The van der Waals surface area contributed by atoms with Crippen molar-refractivity contribution >= 4 is 29.2 Å². The smallest absolute Gasteiger partial charge is 0.252 e. The van der Waals surface area contributed by atoms with Crippen LogP contribution in [0.15, 0.2) is 24.4 Å². The van der Waals surface area contributed by atoms with Crippen LogP contribution < -0.4 is 20.5 Å². The lowest BCUT2D eigenvalue weighted by Gasteiger charge is -2.24. The van der Waals surface area contributed by atoms with E-state index in [0.717, 1.165) is 37.1 Å². The molecule has 3 N–H and O–H groups in total. The van der Waals surface area contributed by atoms with Gasteiger partial charge < -0.3 is 20.5 Å². The van der Waals surface area contributed by atoms with E-state index in [1.165, 1.54) is 0 Å². The summed E-state index contributed by atoms with van der Waals surface area (Å²) in [6.07, 6.45) is 3.94. The van der Waals surface area contributed by atoms with Gasteiger partial charge in [0.2, 0.25) is 0 Å². The van der Waals surface area contributed by atoms with Crippen LogP contribution in [-0.4, -0.2) is 36.7 Å². The first kappa shape index (κ1) is 18.3. The number of nitrogens with zero attached hydrogens (tertiary/aromatic N) is 1. The summed E-state index contributed by atoms with van der Waals surface area (Å²) in [7, 11) is 0. The quantitative estimate of drug-likeness (QED) is 0.863. The summed E-state index contributed by atoms with van der Waals surface area (Å²) in [5, 5.41) is 4.16. The molecular weight excluding hydrogens is 330 g/mol. The molecular formula is C17H22ClN3O3. The molecule has 1 aromatic carbocycles. The van der Waals surface area contributed by atoms with Crippen LogP contribution in [0.2, 0.25) is 0 Å². The molecule has 0 radical (unpaired) electrons. The molecule has 1 atom stereocenters. The van der Waals surface area contributed by atoms with Gasteiger partial charge in [0.1, 0.15) is 17.6 Å². The maximum Gasteiger partial charge on any atom is 0.252 e. The van der Waals surface area contributed by atoms with Crippen molar-refractivity contribution in [3.63, 3.8) is 0 Å². The van der Waals surface area contributed by atoms with Crippen molar-refractivity contribution in [3.05, 3.63) is 30.0 Å². The van der Waals surface area contributed by atoms with Crippen LogP contribution in [0.3, 0.4) is 0 Å².